The number of hydrogen-bond donors (Lipinski definition) is 1. The summed E-state index contributed by atoms with van der Waals surface area (Å²) in [6, 6.07) is 5.96. The van der Waals surface area contributed by atoms with Crippen molar-refractivity contribution in [1.29, 1.82) is 0 Å². The normalized spacial score (nSPS) is 16.1. The maximum atomic E-state index is 8.96. The summed E-state index contributed by atoms with van der Waals surface area (Å²) in [6.45, 7) is 8.06. The predicted molar refractivity (Wildman–Crippen MR) is 76.4 cm³/mol. The summed E-state index contributed by atoms with van der Waals surface area (Å²) < 4.78 is 5.90. The summed E-state index contributed by atoms with van der Waals surface area (Å²) in [6.07, 6.45) is 1.69. The Morgan fingerprint density at radius 2 is 2.05 bits per heavy atom. The van der Waals surface area contributed by atoms with Crippen molar-refractivity contribution >= 4 is 5.71 Å². The highest BCUT2D eigenvalue weighted by molar-refractivity contribution is 6.04. The van der Waals surface area contributed by atoms with Crippen molar-refractivity contribution in [2.75, 3.05) is 26.2 Å². The van der Waals surface area contributed by atoms with Gasteiger partial charge < -0.3 is 14.8 Å². The Morgan fingerprint density at radius 3 is 2.74 bits per heavy atom. The number of oxime groups is 1. The molecule has 1 aromatic carbocycles. The molecule has 0 atom stereocenters. The number of likely N-dealkylation sites (N-methyl/N-ethyl adjacent to an activating group) is 1. The maximum Gasteiger partial charge on any atom is 0.123 e. The average molecular weight is 262 g/mol. The van der Waals surface area contributed by atoms with Crippen molar-refractivity contribution < 1.29 is 9.94 Å². The van der Waals surface area contributed by atoms with Crippen LogP contribution in [0.2, 0.25) is 0 Å². The van der Waals surface area contributed by atoms with E-state index >= 15 is 0 Å². The third-order valence-electron chi connectivity index (χ3n) is 3.74. The Labute approximate surface area is 114 Å². The highest BCUT2D eigenvalue weighted by Crippen LogP contribution is 2.30. The standard InChI is InChI=1S/C15H22N2O2/c1-3-17(4-2)10-11-19-15-7-5-6-12-13(15)8-9-14(12)16-18/h5-7,18H,3-4,8-11H2,1-2H3/b16-14+. The van der Waals surface area contributed by atoms with Gasteiger partial charge in [-0.25, -0.2) is 0 Å². The van der Waals surface area contributed by atoms with E-state index in [1.165, 1.54) is 5.56 Å². The molecular weight excluding hydrogens is 240 g/mol. The molecule has 4 nitrogen and oxygen atoms in total. The molecule has 0 saturated carbocycles. The molecule has 104 valence electrons. The van der Waals surface area contributed by atoms with Gasteiger partial charge in [0.05, 0.1) is 5.71 Å². The maximum absolute atomic E-state index is 8.96. The van der Waals surface area contributed by atoms with Gasteiger partial charge in [0.1, 0.15) is 12.4 Å². The Bertz CT molecular complexity index is 453. The molecule has 0 radical (unpaired) electrons. The molecule has 0 aromatic heterocycles. The third kappa shape index (κ3) is 3.07. The van der Waals surface area contributed by atoms with Crippen molar-refractivity contribution in [1.82, 2.24) is 4.90 Å². The van der Waals surface area contributed by atoms with Crippen molar-refractivity contribution in [3.05, 3.63) is 29.3 Å². The summed E-state index contributed by atoms with van der Waals surface area (Å²) >= 11 is 0. The van der Waals surface area contributed by atoms with Crippen LogP contribution in [0.5, 0.6) is 5.75 Å². The van der Waals surface area contributed by atoms with E-state index in [0.29, 0.717) is 6.61 Å². The number of nitrogens with zero attached hydrogens (tertiary/aromatic N) is 2. The topological polar surface area (TPSA) is 45.1 Å². The first-order valence-corrected chi connectivity index (χ1v) is 6.98. The zero-order valence-corrected chi connectivity index (χ0v) is 11.7. The van der Waals surface area contributed by atoms with E-state index in [-0.39, 0.29) is 0 Å². The van der Waals surface area contributed by atoms with Crippen LogP contribution in [0.3, 0.4) is 0 Å². The van der Waals surface area contributed by atoms with Gasteiger partial charge in [-0.05, 0) is 32.0 Å². The minimum atomic E-state index is 0.698. The van der Waals surface area contributed by atoms with Gasteiger partial charge in [-0.3, -0.25) is 0 Å². The highest BCUT2D eigenvalue weighted by Gasteiger charge is 2.21. The Morgan fingerprint density at radius 1 is 1.26 bits per heavy atom. The van der Waals surface area contributed by atoms with E-state index in [9.17, 15) is 0 Å². The van der Waals surface area contributed by atoms with Crippen molar-refractivity contribution in [3.8, 4) is 5.75 Å². The molecular formula is C15H22N2O2. The monoisotopic (exact) mass is 262 g/mol. The lowest BCUT2D eigenvalue weighted by atomic mass is 10.1. The van der Waals surface area contributed by atoms with Crippen LogP contribution in [-0.4, -0.2) is 42.1 Å². The number of fused-ring (bicyclic) bond motifs is 1. The summed E-state index contributed by atoms with van der Waals surface area (Å²) in [4.78, 5) is 2.34. The van der Waals surface area contributed by atoms with E-state index in [1.807, 2.05) is 18.2 Å². The van der Waals surface area contributed by atoms with Crippen LogP contribution in [0.15, 0.2) is 23.4 Å². The quantitative estimate of drug-likeness (QED) is 0.633. The molecule has 0 fully saturated rings. The second kappa shape index (κ2) is 6.57. The third-order valence-corrected chi connectivity index (χ3v) is 3.74. The Balaban J connectivity index is 2.01. The summed E-state index contributed by atoms with van der Waals surface area (Å²) in [5.41, 5.74) is 2.97. The lowest BCUT2D eigenvalue weighted by Gasteiger charge is -2.18. The van der Waals surface area contributed by atoms with E-state index < -0.39 is 0 Å². The minimum Gasteiger partial charge on any atom is -0.492 e. The molecule has 19 heavy (non-hydrogen) atoms. The van der Waals surface area contributed by atoms with Crippen LogP contribution in [-0.2, 0) is 6.42 Å². The van der Waals surface area contributed by atoms with E-state index in [2.05, 4.69) is 23.9 Å². The average Bonchev–Trinajstić information content (AvgIpc) is 2.87. The summed E-state index contributed by atoms with van der Waals surface area (Å²) in [7, 11) is 0. The molecule has 1 aromatic rings. The first-order chi connectivity index (χ1) is 9.30. The van der Waals surface area contributed by atoms with Crippen LogP contribution < -0.4 is 4.74 Å². The second-order valence-corrected chi connectivity index (χ2v) is 4.70. The minimum absolute atomic E-state index is 0.698. The number of hydrogen-bond acceptors (Lipinski definition) is 4. The van der Waals surface area contributed by atoms with Crippen LogP contribution in [0.4, 0.5) is 0 Å². The lowest BCUT2D eigenvalue weighted by Crippen LogP contribution is -2.28. The molecule has 0 bridgehead atoms. The molecule has 1 aliphatic rings. The van der Waals surface area contributed by atoms with Gasteiger partial charge in [0.2, 0.25) is 0 Å². The Hall–Kier alpha value is -1.55. The van der Waals surface area contributed by atoms with Gasteiger partial charge in [-0.2, -0.15) is 0 Å². The van der Waals surface area contributed by atoms with E-state index in [1.54, 1.807) is 0 Å². The Kier molecular flexibility index (Phi) is 4.80. The lowest BCUT2D eigenvalue weighted by molar-refractivity contribution is 0.222. The van der Waals surface area contributed by atoms with Crippen molar-refractivity contribution in [2.45, 2.75) is 26.7 Å². The SMILES string of the molecule is CCN(CC)CCOc1cccc2c1CC/C2=N\O. The number of benzene rings is 1. The van der Waals surface area contributed by atoms with Crippen molar-refractivity contribution in [2.24, 2.45) is 5.16 Å². The zero-order valence-electron chi connectivity index (χ0n) is 11.7. The fourth-order valence-corrected chi connectivity index (χ4v) is 2.54. The van der Waals surface area contributed by atoms with Gasteiger partial charge >= 0.3 is 0 Å². The summed E-state index contributed by atoms with van der Waals surface area (Å²) in [5.74, 6) is 0.934. The van der Waals surface area contributed by atoms with E-state index in [4.69, 9.17) is 9.94 Å². The van der Waals surface area contributed by atoms with Gasteiger partial charge in [0, 0.05) is 17.7 Å². The largest absolute Gasteiger partial charge is 0.492 e. The second-order valence-electron chi connectivity index (χ2n) is 4.70. The molecule has 4 heteroatoms. The number of ether oxygens (including phenoxy) is 1. The molecule has 1 aliphatic carbocycles. The molecule has 0 amide bonds. The van der Waals surface area contributed by atoms with Crippen LogP contribution in [0, 0.1) is 0 Å². The fraction of sp³-hybridized carbons (Fsp3) is 0.533. The van der Waals surface area contributed by atoms with Gasteiger partial charge in [-0.15, -0.1) is 0 Å². The van der Waals surface area contributed by atoms with Crippen LogP contribution in [0.25, 0.3) is 0 Å². The zero-order chi connectivity index (χ0) is 13.7. The van der Waals surface area contributed by atoms with Crippen LogP contribution >= 0.6 is 0 Å². The molecule has 0 unspecified atom stereocenters. The predicted octanol–water partition coefficient (Wildman–Crippen LogP) is 2.53. The van der Waals surface area contributed by atoms with Gasteiger partial charge in [0.25, 0.3) is 0 Å². The molecule has 0 spiro atoms. The number of rotatable bonds is 6. The smallest absolute Gasteiger partial charge is 0.123 e. The van der Waals surface area contributed by atoms with Gasteiger partial charge in [0.15, 0.2) is 0 Å². The highest BCUT2D eigenvalue weighted by atomic mass is 16.5. The first kappa shape index (κ1) is 13.9. The molecule has 0 aliphatic heterocycles. The van der Waals surface area contributed by atoms with Crippen molar-refractivity contribution in [3.63, 3.8) is 0 Å². The fourth-order valence-electron chi connectivity index (χ4n) is 2.54. The molecule has 0 saturated heterocycles. The van der Waals surface area contributed by atoms with E-state index in [0.717, 1.165) is 49.5 Å². The molecule has 0 heterocycles. The summed E-state index contributed by atoms with van der Waals surface area (Å²) in [5, 5.41) is 12.3. The molecule has 2 rings (SSSR count). The van der Waals surface area contributed by atoms with Crippen LogP contribution in [0.1, 0.15) is 31.4 Å². The first-order valence-electron chi connectivity index (χ1n) is 6.98. The van der Waals surface area contributed by atoms with Gasteiger partial charge in [-0.1, -0.05) is 31.1 Å². The molecule has 1 N–H and O–H groups in total.